The number of aromatic carboxylic acids is 2. The molecule has 8 nitrogen and oxygen atoms in total. The third-order valence-electron chi connectivity index (χ3n) is 2.39. The van der Waals surface area contributed by atoms with E-state index in [9.17, 15) is 19.8 Å². The molecule has 0 spiro atoms. The zero-order valence-corrected chi connectivity index (χ0v) is 15.3. The number of benzene rings is 2. The van der Waals surface area contributed by atoms with Gasteiger partial charge in [-0.1, -0.05) is 11.5 Å². The number of hydrogen-bond donors (Lipinski definition) is 4. The van der Waals surface area contributed by atoms with Gasteiger partial charge < -0.3 is 30.6 Å². The quantitative estimate of drug-likeness (QED) is 0.407. The van der Waals surface area contributed by atoms with E-state index in [1.165, 1.54) is 0 Å². The molecule has 0 saturated carbocycles. The molecular weight excluding hydrogens is 503 g/mol. The Labute approximate surface area is 150 Å². The summed E-state index contributed by atoms with van der Waals surface area (Å²) >= 11 is 0. The van der Waals surface area contributed by atoms with Gasteiger partial charge in [0.25, 0.3) is 0 Å². The predicted molar refractivity (Wildman–Crippen MR) is 74.8 cm³/mol. The molecule has 0 aliphatic carbocycles. The Kier molecular flexibility index (Phi) is 7.87. The Balaban J connectivity index is 0.000000403. The van der Waals surface area contributed by atoms with Crippen LogP contribution in [0.5, 0.6) is 23.0 Å². The van der Waals surface area contributed by atoms with Gasteiger partial charge in [0.1, 0.15) is 11.5 Å². The fraction of sp³-hybridized carbons (Fsp3) is 0. The van der Waals surface area contributed by atoms with E-state index in [2.05, 4.69) is 0 Å². The van der Waals surface area contributed by atoms with Gasteiger partial charge in [-0.15, -0.1) is 0 Å². The molecule has 0 amide bonds. The maximum atomic E-state index is 10.7. The summed E-state index contributed by atoms with van der Waals surface area (Å²) in [5.74, 6) is -4.37. The summed E-state index contributed by atoms with van der Waals surface area (Å²) in [6, 6.07) is 6.18. The molecule has 2 rings (SSSR count). The van der Waals surface area contributed by atoms with Crippen LogP contribution in [0.1, 0.15) is 20.7 Å². The molecule has 0 saturated heterocycles. The molecule has 0 aliphatic heterocycles. The minimum Gasteiger partial charge on any atom is -0.872 e. The van der Waals surface area contributed by atoms with Gasteiger partial charge >= 0.3 is 11.9 Å². The van der Waals surface area contributed by atoms with Crippen molar-refractivity contribution in [3.8, 4) is 23.0 Å². The Morgan fingerprint density at radius 2 is 1.04 bits per heavy atom. The molecule has 2 aromatic carbocycles. The maximum Gasteiger partial charge on any atom is 0.335 e. The number of hydrogen-bond acceptors (Lipinski definition) is 6. The fourth-order valence-electron chi connectivity index (χ4n) is 1.38. The van der Waals surface area contributed by atoms with E-state index in [1.54, 1.807) is 0 Å². The van der Waals surface area contributed by atoms with Gasteiger partial charge in [-0.25, -0.2) is 9.59 Å². The van der Waals surface area contributed by atoms with Crippen LogP contribution in [-0.2, 0) is 0 Å². The molecule has 0 heterocycles. The van der Waals surface area contributed by atoms with Crippen LogP contribution in [0.15, 0.2) is 36.4 Å². The molecule has 0 unspecified atom stereocenters. The number of phenolic OH excluding ortho intramolecular Hbond substituents is 2. The summed E-state index contributed by atoms with van der Waals surface area (Å²) in [5, 5.41) is 55.7. The number of carboxylic acid groups (broad SMARTS) is 2. The van der Waals surface area contributed by atoms with Crippen molar-refractivity contribution in [1.29, 1.82) is 0 Å². The average molecular weight is 513 g/mol. The number of carbonyl (C=O) groups is 2. The molecule has 0 aliphatic rings. The van der Waals surface area contributed by atoms with Crippen LogP contribution in [0.2, 0.25) is 0 Å². The largest absolute Gasteiger partial charge is 0.872 e. The van der Waals surface area contributed by atoms with Crippen LogP contribution in [0.25, 0.3) is 0 Å². The van der Waals surface area contributed by atoms with Crippen molar-refractivity contribution in [3.05, 3.63) is 47.5 Å². The van der Waals surface area contributed by atoms with Crippen molar-refractivity contribution < 1.29 is 40.2 Å². The Bertz CT molecular complexity index is 652. The van der Waals surface area contributed by atoms with Crippen molar-refractivity contribution in [1.82, 2.24) is 0 Å². The van der Waals surface area contributed by atoms with Crippen LogP contribution in [0.4, 0.5) is 0 Å². The maximum absolute atomic E-state index is 10.7. The third-order valence-corrected chi connectivity index (χ3v) is 2.39. The molecule has 120 valence electrons. The molecule has 2 aromatic rings. The second kappa shape index (κ2) is 8.83. The molecule has 0 fully saturated rings. The monoisotopic (exact) mass is 514 g/mol. The van der Waals surface area contributed by atoms with Crippen molar-refractivity contribution in [2.24, 2.45) is 0 Å². The topological polar surface area (TPSA) is 161 Å². The summed E-state index contributed by atoms with van der Waals surface area (Å²) in [6.45, 7) is 0. The van der Waals surface area contributed by atoms with Gasteiger partial charge in [0.2, 0.25) is 0 Å². The van der Waals surface area contributed by atoms with E-state index in [0.29, 0.717) is 0 Å². The zero-order chi connectivity index (χ0) is 16.9. The summed E-state index contributed by atoms with van der Waals surface area (Å²) < 4.78 is 0. The van der Waals surface area contributed by atoms with Gasteiger partial charge in [-0.05, 0) is 36.4 Å². The number of rotatable bonds is 2. The average Bonchev–Trinajstić information content (AvgIpc) is 2.38. The minimum absolute atomic E-state index is 0. The van der Waals surface area contributed by atoms with Gasteiger partial charge in [-0.3, -0.25) is 0 Å². The first-order valence-electron chi connectivity index (χ1n) is 5.69. The first-order chi connectivity index (χ1) is 10.2. The Morgan fingerprint density at radius 3 is 1.26 bits per heavy atom. The van der Waals surface area contributed by atoms with Crippen LogP contribution in [0.3, 0.4) is 0 Å². The molecule has 4 N–H and O–H groups in total. The number of carboxylic acids is 2. The normalized spacial score (nSPS) is 9.04. The smallest absolute Gasteiger partial charge is 0.335 e. The van der Waals surface area contributed by atoms with Crippen molar-refractivity contribution in [2.75, 3.05) is 0 Å². The third kappa shape index (κ3) is 6.02. The molecule has 0 bridgehead atoms. The first-order valence-corrected chi connectivity index (χ1v) is 5.69. The second-order valence-electron chi connectivity index (χ2n) is 3.97. The van der Waals surface area contributed by atoms with E-state index in [1.807, 2.05) is 0 Å². The van der Waals surface area contributed by atoms with E-state index in [4.69, 9.17) is 20.4 Å². The van der Waals surface area contributed by atoms with Crippen molar-refractivity contribution in [3.63, 3.8) is 0 Å². The molecule has 0 aromatic heterocycles. The minimum atomic E-state index is -1.28. The van der Waals surface area contributed by atoms with Crippen LogP contribution >= 0.6 is 0 Å². The van der Waals surface area contributed by atoms with E-state index < -0.39 is 23.4 Å². The molecule has 4 radical (unpaired) electrons. The van der Waals surface area contributed by atoms with Gasteiger partial charge in [0.05, 0.1) is 11.1 Å². The summed E-state index contributed by atoms with van der Waals surface area (Å²) in [6.07, 6.45) is 0. The summed E-state index contributed by atoms with van der Waals surface area (Å²) in [4.78, 5) is 20.5. The molecular formula is C14H10O8Pb-2. The predicted octanol–water partition coefficient (Wildman–Crippen LogP) is -0.0528. The second-order valence-corrected chi connectivity index (χ2v) is 3.97. The SMILES string of the molecule is O=C(O)c1ccc(O)cc1[O-].O=C(O)c1ccc(O)cc1[O-].[Pb]. The van der Waals surface area contributed by atoms with E-state index in [-0.39, 0.29) is 49.9 Å². The Morgan fingerprint density at radius 1 is 0.739 bits per heavy atom. The molecule has 23 heavy (non-hydrogen) atoms. The summed E-state index contributed by atoms with van der Waals surface area (Å²) in [7, 11) is 0. The zero-order valence-electron chi connectivity index (χ0n) is 11.4. The molecule has 0 atom stereocenters. The number of aromatic hydroxyl groups is 2. The van der Waals surface area contributed by atoms with Crippen molar-refractivity contribution in [2.45, 2.75) is 0 Å². The van der Waals surface area contributed by atoms with E-state index in [0.717, 1.165) is 36.4 Å². The van der Waals surface area contributed by atoms with Gasteiger partial charge in [0, 0.05) is 27.3 Å². The number of phenols is 2. The van der Waals surface area contributed by atoms with Gasteiger partial charge in [-0.2, -0.15) is 0 Å². The van der Waals surface area contributed by atoms with Crippen molar-refractivity contribution >= 4 is 39.2 Å². The standard InChI is InChI=1S/2C7H6O4.Pb/c2*8-4-1-2-5(7(10)11)6(9)3-4;/h2*1-3,8-9H,(H,10,11);/p-2. The van der Waals surface area contributed by atoms with E-state index >= 15 is 0 Å². The molecule has 9 heteroatoms. The van der Waals surface area contributed by atoms with Crippen LogP contribution in [0, 0.1) is 0 Å². The van der Waals surface area contributed by atoms with Crippen LogP contribution in [-0.4, -0.2) is 59.7 Å². The summed E-state index contributed by atoms with van der Waals surface area (Å²) in [5.41, 5.74) is -0.661. The van der Waals surface area contributed by atoms with Crippen LogP contribution < -0.4 is 10.2 Å². The fourth-order valence-corrected chi connectivity index (χ4v) is 1.38. The Hall–Kier alpha value is -2.50. The van der Waals surface area contributed by atoms with Gasteiger partial charge in [0.15, 0.2) is 0 Å². The first kappa shape index (κ1) is 20.5.